The number of nitrogens with zero attached hydrogens (tertiary/aromatic N) is 1. The lowest BCUT2D eigenvalue weighted by Gasteiger charge is -2.26. The smallest absolute Gasteiger partial charge is 0.238 e. The predicted molar refractivity (Wildman–Crippen MR) is 101 cm³/mol. The molecule has 1 fully saturated rings. The van der Waals surface area contributed by atoms with Gasteiger partial charge in [0.05, 0.1) is 10.9 Å². The maximum Gasteiger partial charge on any atom is 0.238 e. The van der Waals surface area contributed by atoms with Crippen LogP contribution in [0.1, 0.15) is 36.4 Å². The van der Waals surface area contributed by atoms with Crippen molar-refractivity contribution in [3.63, 3.8) is 0 Å². The zero-order chi connectivity index (χ0) is 19.1. The Balaban J connectivity index is 1.70. The Labute approximate surface area is 158 Å². The summed E-state index contributed by atoms with van der Waals surface area (Å²) in [5.41, 5.74) is 1.87. The Hall–Kier alpha value is -1.89. The van der Waals surface area contributed by atoms with Gasteiger partial charge in [0, 0.05) is 18.0 Å². The highest BCUT2D eigenvalue weighted by Gasteiger charge is 2.46. The number of hydrogen-bond acceptors (Lipinski definition) is 3. The quantitative estimate of drug-likeness (QED) is 0.847. The van der Waals surface area contributed by atoms with Crippen molar-refractivity contribution in [3.05, 3.63) is 64.7 Å². The number of carbonyl (C=O) groups is 1. The van der Waals surface area contributed by atoms with E-state index in [1.807, 2.05) is 31.2 Å². The van der Waals surface area contributed by atoms with Crippen molar-refractivity contribution < 1.29 is 13.2 Å². The van der Waals surface area contributed by atoms with Gasteiger partial charge >= 0.3 is 0 Å². The Kier molecular flexibility index (Phi) is 5.10. The van der Waals surface area contributed by atoms with Gasteiger partial charge in [0.15, 0.2) is 0 Å². The number of hydrogen-bond donors (Lipinski definition) is 1. The number of sulfonamides is 1. The van der Waals surface area contributed by atoms with Gasteiger partial charge in [-0.05, 0) is 48.6 Å². The van der Waals surface area contributed by atoms with Crippen molar-refractivity contribution in [2.45, 2.75) is 30.2 Å². The molecule has 0 aliphatic heterocycles. The summed E-state index contributed by atoms with van der Waals surface area (Å²) in [6, 6.07) is 13.7. The molecule has 7 heteroatoms. The number of amides is 1. The van der Waals surface area contributed by atoms with Gasteiger partial charge in [-0.2, -0.15) is 0 Å². The van der Waals surface area contributed by atoms with E-state index in [0.29, 0.717) is 5.02 Å². The van der Waals surface area contributed by atoms with Crippen LogP contribution in [-0.4, -0.2) is 26.3 Å². The summed E-state index contributed by atoms with van der Waals surface area (Å²) in [4.78, 5) is 14.6. The van der Waals surface area contributed by atoms with Crippen LogP contribution in [0.25, 0.3) is 0 Å². The summed E-state index contributed by atoms with van der Waals surface area (Å²) in [5, 5.41) is 5.81. The van der Waals surface area contributed by atoms with Crippen LogP contribution in [0.2, 0.25) is 5.02 Å². The third kappa shape index (κ3) is 3.77. The van der Waals surface area contributed by atoms with E-state index in [-0.39, 0.29) is 28.7 Å². The second-order valence-electron chi connectivity index (χ2n) is 6.71. The minimum Gasteiger partial charge on any atom is -0.339 e. The summed E-state index contributed by atoms with van der Waals surface area (Å²) < 4.78 is 22.7. The van der Waals surface area contributed by atoms with Crippen molar-refractivity contribution in [1.29, 1.82) is 0 Å². The van der Waals surface area contributed by atoms with Crippen LogP contribution in [0.15, 0.2) is 53.4 Å². The molecule has 26 heavy (non-hydrogen) atoms. The molecule has 1 saturated carbocycles. The number of primary sulfonamides is 1. The van der Waals surface area contributed by atoms with Gasteiger partial charge in [-0.1, -0.05) is 41.9 Å². The maximum absolute atomic E-state index is 12.8. The zero-order valence-electron chi connectivity index (χ0n) is 14.6. The van der Waals surface area contributed by atoms with E-state index < -0.39 is 10.0 Å². The SMILES string of the molecule is CC(c1ccc(S(N)(=O)=O)cc1)N(C)C(=O)C1CC1c1ccccc1Cl. The van der Waals surface area contributed by atoms with Gasteiger partial charge < -0.3 is 4.90 Å². The van der Waals surface area contributed by atoms with E-state index in [2.05, 4.69) is 0 Å². The summed E-state index contributed by atoms with van der Waals surface area (Å²) >= 11 is 6.23. The van der Waals surface area contributed by atoms with Crippen LogP contribution >= 0.6 is 11.6 Å². The average Bonchev–Trinajstić information content (AvgIpc) is 3.40. The Bertz CT molecular complexity index is 928. The van der Waals surface area contributed by atoms with Crippen molar-refractivity contribution in [1.82, 2.24) is 4.90 Å². The third-order valence-corrected chi connectivity index (χ3v) is 6.31. The van der Waals surface area contributed by atoms with Gasteiger partial charge in [-0.15, -0.1) is 0 Å². The molecule has 0 spiro atoms. The standard InChI is InChI=1S/C19H21ClN2O3S/c1-12(13-7-9-14(10-8-13)26(21,24)25)22(2)19(23)17-11-16(17)15-5-3-4-6-18(15)20/h3-10,12,16-17H,11H2,1-2H3,(H2,21,24,25). The second kappa shape index (κ2) is 7.02. The summed E-state index contributed by atoms with van der Waals surface area (Å²) in [7, 11) is -1.95. The molecule has 0 saturated heterocycles. The Morgan fingerprint density at radius 2 is 1.81 bits per heavy atom. The molecule has 3 unspecified atom stereocenters. The fourth-order valence-corrected chi connectivity index (χ4v) is 3.99. The molecule has 1 aliphatic rings. The molecule has 1 aliphatic carbocycles. The van der Waals surface area contributed by atoms with Crippen LogP contribution in [0, 0.1) is 5.92 Å². The molecule has 2 aromatic carbocycles. The van der Waals surface area contributed by atoms with Gasteiger partial charge in [-0.3, -0.25) is 4.79 Å². The predicted octanol–water partition coefficient (Wildman–Crippen LogP) is 3.31. The fraction of sp³-hybridized carbons (Fsp3) is 0.316. The Morgan fingerprint density at radius 1 is 1.19 bits per heavy atom. The normalized spacial score (nSPS) is 20.5. The number of rotatable bonds is 5. The zero-order valence-corrected chi connectivity index (χ0v) is 16.2. The minimum atomic E-state index is -3.72. The molecule has 0 radical (unpaired) electrons. The summed E-state index contributed by atoms with van der Waals surface area (Å²) in [6.45, 7) is 1.91. The molecule has 0 bridgehead atoms. The molecule has 0 heterocycles. The van der Waals surface area contributed by atoms with Gasteiger partial charge in [0.25, 0.3) is 0 Å². The van der Waals surface area contributed by atoms with E-state index in [9.17, 15) is 13.2 Å². The molecule has 5 nitrogen and oxygen atoms in total. The van der Waals surface area contributed by atoms with Crippen LogP contribution in [0.3, 0.4) is 0 Å². The number of halogens is 1. The first-order valence-electron chi connectivity index (χ1n) is 8.34. The van der Waals surface area contributed by atoms with Crippen LogP contribution in [0.5, 0.6) is 0 Å². The summed E-state index contributed by atoms with van der Waals surface area (Å²) in [5.74, 6) is 0.166. The topological polar surface area (TPSA) is 80.5 Å². The minimum absolute atomic E-state index is 0.0587. The van der Waals surface area contributed by atoms with E-state index in [4.69, 9.17) is 16.7 Å². The Morgan fingerprint density at radius 3 is 2.38 bits per heavy atom. The van der Waals surface area contributed by atoms with E-state index in [1.54, 1.807) is 24.1 Å². The van der Waals surface area contributed by atoms with E-state index in [0.717, 1.165) is 17.5 Å². The van der Waals surface area contributed by atoms with Crippen molar-refractivity contribution in [3.8, 4) is 0 Å². The monoisotopic (exact) mass is 392 g/mol. The lowest BCUT2D eigenvalue weighted by atomic mass is 10.1. The molecule has 2 N–H and O–H groups in total. The van der Waals surface area contributed by atoms with Crippen molar-refractivity contribution in [2.75, 3.05) is 7.05 Å². The molecule has 138 valence electrons. The third-order valence-electron chi connectivity index (χ3n) is 5.03. The fourth-order valence-electron chi connectivity index (χ4n) is 3.20. The number of carbonyl (C=O) groups excluding carboxylic acids is 1. The lowest BCUT2D eigenvalue weighted by molar-refractivity contribution is -0.133. The molecule has 3 rings (SSSR count). The first kappa shape index (κ1) is 18.9. The summed E-state index contributed by atoms with van der Waals surface area (Å²) in [6.07, 6.45) is 0.796. The van der Waals surface area contributed by atoms with Gasteiger partial charge in [0.2, 0.25) is 15.9 Å². The molecular weight excluding hydrogens is 372 g/mol. The molecule has 2 aromatic rings. The van der Waals surface area contributed by atoms with Gasteiger partial charge in [-0.25, -0.2) is 13.6 Å². The lowest BCUT2D eigenvalue weighted by Crippen LogP contribution is -2.31. The molecule has 0 aromatic heterocycles. The highest BCUT2D eigenvalue weighted by Crippen LogP contribution is 2.50. The van der Waals surface area contributed by atoms with Crippen LogP contribution < -0.4 is 5.14 Å². The highest BCUT2D eigenvalue weighted by molar-refractivity contribution is 7.89. The molecule has 1 amide bonds. The maximum atomic E-state index is 12.8. The number of nitrogens with two attached hydrogens (primary N) is 1. The van der Waals surface area contributed by atoms with Gasteiger partial charge in [0.1, 0.15) is 0 Å². The molecular formula is C19H21ClN2O3S. The van der Waals surface area contributed by atoms with Crippen molar-refractivity contribution >= 4 is 27.5 Å². The van der Waals surface area contributed by atoms with Crippen LogP contribution in [0.4, 0.5) is 0 Å². The van der Waals surface area contributed by atoms with Crippen molar-refractivity contribution in [2.24, 2.45) is 11.1 Å². The largest absolute Gasteiger partial charge is 0.339 e. The second-order valence-corrected chi connectivity index (χ2v) is 8.68. The van der Waals surface area contributed by atoms with E-state index >= 15 is 0 Å². The average molecular weight is 393 g/mol. The van der Waals surface area contributed by atoms with Crippen LogP contribution in [-0.2, 0) is 14.8 Å². The highest BCUT2D eigenvalue weighted by atomic mass is 35.5. The first-order valence-corrected chi connectivity index (χ1v) is 10.3. The molecule has 3 atom stereocenters. The first-order chi connectivity index (χ1) is 12.2. The number of benzene rings is 2. The van der Waals surface area contributed by atoms with E-state index in [1.165, 1.54) is 12.1 Å².